The summed E-state index contributed by atoms with van der Waals surface area (Å²) >= 11 is 5.84. The van der Waals surface area contributed by atoms with Gasteiger partial charge in [-0.3, -0.25) is 0 Å². The second-order valence-electron chi connectivity index (χ2n) is 3.90. The van der Waals surface area contributed by atoms with Crippen molar-refractivity contribution in [3.8, 4) is 5.88 Å². The molecule has 1 aromatic carbocycles. The van der Waals surface area contributed by atoms with Gasteiger partial charge in [0.1, 0.15) is 12.4 Å². The van der Waals surface area contributed by atoms with Crippen molar-refractivity contribution in [2.75, 3.05) is 7.11 Å². The van der Waals surface area contributed by atoms with Crippen LogP contribution in [-0.2, 0) is 11.3 Å². The zero-order valence-corrected chi connectivity index (χ0v) is 11.4. The number of halogens is 2. The van der Waals surface area contributed by atoms with Crippen LogP contribution in [0.1, 0.15) is 15.9 Å². The summed E-state index contributed by atoms with van der Waals surface area (Å²) in [6.07, 6.45) is 1.35. The van der Waals surface area contributed by atoms with E-state index in [4.69, 9.17) is 21.1 Å². The molecule has 2 rings (SSSR count). The van der Waals surface area contributed by atoms with E-state index >= 15 is 0 Å². The number of carbonyl (C=O) groups is 1. The van der Waals surface area contributed by atoms with Crippen molar-refractivity contribution in [3.63, 3.8) is 0 Å². The number of pyridine rings is 1. The number of nitrogens with zero attached hydrogens (tertiary/aromatic N) is 1. The smallest absolute Gasteiger partial charge is 0.340 e. The van der Waals surface area contributed by atoms with Crippen molar-refractivity contribution in [3.05, 3.63) is 58.5 Å². The van der Waals surface area contributed by atoms with E-state index in [1.807, 2.05) is 0 Å². The van der Waals surface area contributed by atoms with E-state index in [-0.39, 0.29) is 11.6 Å². The third kappa shape index (κ3) is 3.45. The van der Waals surface area contributed by atoms with Crippen LogP contribution in [0.3, 0.4) is 0 Å². The molecule has 20 heavy (non-hydrogen) atoms. The van der Waals surface area contributed by atoms with Crippen LogP contribution in [0.2, 0.25) is 5.02 Å². The number of methoxy groups -OCH3 is 1. The van der Waals surface area contributed by atoms with E-state index in [1.54, 1.807) is 12.1 Å². The first kappa shape index (κ1) is 14.3. The molecule has 0 aliphatic heterocycles. The second-order valence-corrected chi connectivity index (χ2v) is 4.31. The van der Waals surface area contributed by atoms with Crippen molar-refractivity contribution in [2.45, 2.75) is 6.61 Å². The topological polar surface area (TPSA) is 48.4 Å². The molecule has 104 valence electrons. The van der Waals surface area contributed by atoms with Gasteiger partial charge in [0.15, 0.2) is 0 Å². The first-order valence-electron chi connectivity index (χ1n) is 5.71. The molecule has 0 fully saturated rings. The normalized spacial score (nSPS) is 10.2. The zero-order valence-electron chi connectivity index (χ0n) is 10.6. The lowest BCUT2D eigenvalue weighted by molar-refractivity contribution is 0.0472. The number of hydrogen-bond acceptors (Lipinski definition) is 4. The lowest BCUT2D eigenvalue weighted by Gasteiger charge is -2.07. The molecule has 1 heterocycles. The van der Waals surface area contributed by atoms with Crippen LogP contribution in [0.4, 0.5) is 4.39 Å². The predicted molar refractivity (Wildman–Crippen MR) is 71.3 cm³/mol. The maximum Gasteiger partial charge on any atom is 0.340 e. The van der Waals surface area contributed by atoms with Crippen LogP contribution in [0.25, 0.3) is 0 Å². The quantitative estimate of drug-likeness (QED) is 0.813. The Kier molecular flexibility index (Phi) is 4.53. The first-order chi connectivity index (χ1) is 9.60. The maximum absolute atomic E-state index is 12.9. The van der Waals surface area contributed by atoms with Crippen molar-refractivity contribution >= 4 is 17.6 Å². The Bertz CT molecular complexity index is 616. The third-order valence-corrected chi connectivity index (χ3v) is 2.91. The molecule has 0 atom stereocenters. The van der Waals surface area contributed by atoms with E-state index in [0.717, 1.165) is 0 Å². The van der Waals surface area contributed by atoms with Crippen LogP contribution >= 0.6 is 11.6 Å². The van der Waals surface area contributed by atoms with Gasteiger partial charge in [-0.05, 0) is 18.2 Å². The Morgan fingerprint density at radius 2 is 2.15 bits per heavy atom. The van der Waals surface area contributed by atoms with E-state index in [0.29, 0.717) is 17.0 Å². The summed E-state index contributed by atoms with van der Waals surface area (Å²) in [6, 6.07) is 6.99. The van der Waals surface area contributed by atoms with Gasteiger partial charge < -0.3 is 9.47 Å². The Morgan fingerprint density at radius 1 is 1.35 bits per heavy atom. The summed E-state index contributed by atoms with van der Waals surface area (Å²) in [4.78, 5) is 15.7. The lowest BCUT2D eigenvalue weighted by atomic mass is 10.2. The average molecular weight is 296 g/mol. The Hall–Kier alpha value is -2.14. The summed E-state index contributed by atoms with van der Waals surface area (Å²) in [5, 5.41) is 0.214. The van der Waals surface area contributed by atoms with E-state index in [9.17, 15) is 9.18 Å². The monoisotopic (exact) mass is 295 g/mol. The molecule has 0 aliphatic carbocycles. The van der Waals surface area contributed by atoms with Crippen molar-refractivity contribution in [1.29, 1.82) is 0 Å². The molecular weight excluding hydrogens is 285 g/mol. The summed E-state index contributed by atoms with van der Waals surface area (Å²) < 4.78 is 22.8. The molecule has 6 heteroatoms. The van der Waals surface area contributed by atoms with Gasteiger partial charge in [0, 0.05) is 17.8 Å². The molecule has 0 amide bonds. The minimum absolute atomic E-state index is 0.0377. The third-order valence-electron chi connectivity index (χ3n) is 2.56. The summed E-state index contributed by atoms with van der Waals surface area (Å²) in [5.41, 5.74) is 0.826. The van der Waals surface area contributed by atoms with Gasteiger partial charge >= 0.3 is 5.97 Å². The van der Waals surface area contributed by atoms with Crippen molar-refractivity contribution in [1.82, 2.24) is 4.98 Å². The maximum atomic E-state index is 12.9. The van der Waals surface area contributed by atoms with Gasteiger partial charge in [-0.15, -0.1) is 0 Å². The predicted octanol–water partition coefficient (Wildman–Crippen LogP) is 3.24. The standard InChI is InChI=1S/C14H11ClFNO3/c1-19-13-5-3-9(7-17-13)14(18)20-8-10-2-4-11(16)6-12(10)15/h2-7H,8H2,1H3. The number of benzene rings is 1. The highest BCUT2D eigenvalue weighted by molar-refractivity contribution is 6.31. The highest BCUT2D eigenvalue weighted by Gasteiger charge is 2.10. The summed E-state index contributed by atoms with van der Waals surface area (Å²) in [7, 11) is 1.48. The Morgan fingerprint density at radius 3 is 2.75 bits per heavy atom. The molecule has 0 aliphatic rings. The first-order valence-corrected chi connectivity index (χ1v) is 6.09. The fourth-order valence-corrected chi connectivity index (χ4v) is 1.71. The van der Waals surface area contributed by atoms with Crippen LogP contribution in [0.5, 0.6) is 5.88 Å². The highest BCUT2D eigenvalue weighted by atomic mass is 35.5. The Balaban J connectivity index is 2.00. The zero-order chi connectivity index (χ0) is 14.5. The lowest BCUT2D eigenvalue weighted by Crippen LogP contribution is -2.06. The van der Waals surface area contributed by atoms with Crippen molar-refractivity contribution in [2.24, 2.45) is 0 Å². The molecular formula is C14H11ClFNO3. The number of carbonyl (C=O) groups excluding carboxylic acids is 1. The summed E-state index contributed by atoms with van der Waals surface area (Å²) in [6.45, 7) is -0.0377. The second kappa shape index (κ2) is 6.34. The molecule has 0 spiro atoms. The molecule has 2 aromatic rings. The molecule has 0 saturated carbocycles. The van der Waals surface area contributed by atoms with Crippen LogP contribution in [-0.4, -0.2) is 18.1 Å². The van der Waals surface area contributed by atoms with Gasteiger partial charge in [-0.25, -0.2) is 14.2 Å². The average Bonchev–Trinajstić information content (AvgIpc) is 2.46. The number of aromatic nitrogens is 1. The van der Waals surface area contributed by atoms with E-state index in [1.165, 1.54) is 31.5 Å². The summed E-state index contributed by atoms with van der Waals surface area (Å²) in [5.74, 6) is -0.576. The van der Waals surface area contributed by atoms with Gasteiger partial charge in [0.05, 0.1) is 17.7 Å². The fourth-order valence-electron chi connectivity index (χ4n) is 1.49. The van der Waals surface area contributed by atoms with E-state index in [2.05, 4.69) is 4.98 Å². The Labute approximate surface area is 120 Å². The van der Waals surface area contributed by atoms with Crippen LogP contribution in [0, 0.1) is 5.82 Å². The number of ether oxygens (including phenoxy) is 2. The van der Waals surface area contributed by atoms with Crippen LogP contribution in [0.15, 0.2) is 36.5 Å². The molecule has 0 N–H and O–H groups in total. The van der Waals surface area contributed by atoms with Crippen LogP contribution < -0.4 is 4.74 Å². The number of esters is 1. The van der Waals surface area contributed by atoms with E-state index < -0.39 is 11.8 Å². The van der Waals surface area contributed by atoms with Gasteiger partial charge in [0.2, 0.25) is 5.88 Å². The minimum Gasteiger partial charge on any atom is -0.481 e. The number of rotatable bonds is 4. The molecule has 0 saturated heterocycles. The molecule has 0 bridgehead atoms. The fraction of sp³-hybridized carbons (Fsp3) is 0.143. The SMILES string of the molecule is COc1ccc(C(=O)OCc2ccc(F)cc2Cl)cn1. The van der Waals surface area contributed by atoms with Gasteiger partial charge in [0.25, 0.3) is 0 Å². The molecule has 0 unspecified atom stereocenters. The van der Waals surface area contributed by atoms with Crippen molar-refractivity contribution < 1.29 is 18.7 Å². The molecule has 0 radical (unpaired) electrons. The minimum atomic E-state index is -0.541. The number of hydrogen-bond donors (Lipinski definition) is 0. The highest BCUT2D eigenvalue weighted by Crippen LogP contribution is 2.18. The largest absolute Gasteiger partial charge is 0.481 e. The van der Waals surface area contributed by atoms with Gasteiger partial charge in [-0.1, -0.05) is 17.7 Å². The molecule has 4 nitrogen and oxygen atoms in total. The molecule has 1 aromatic heterocycles. The van der Waals surface area contributed by atoms with Gasteiger partial charge in [-0.2, -0.15) is 0 Å².